The Morgan fingerprint density at radius 3 is 2.62 bits per heavy atom. The second-order valence-electron chi connectivity index (χ2n) is 9.29. The molecule has 0 amide bonds. The van der Waals surface area contributed by atoms with E-state index in [1.807, 2.05) is 6.07 Å². The molecule has 0 aromatic heterocycles. The Hall–Kier alpha value is -2.79. The molecule has 2 aromatic carbocycles. The summed E-state index contributed by atoms with van der Waals surface area (Å²) in [6.07, 6.45) is 2.00. The van der Waals surface area contributed by atoms with Crippen molar-refractivity contribution in [3.05, 3.63) is 64.2 Å². The second kappa shape index (κ2) is 9.37. The first-order valence-electron chi connectivity index (χ1n) is 11.4. The van der Waals surface area contributed by atoms with Gasteiger partial charge in [-0.25, -0.2) is 0 Å². The van der Waals surface area contributed by atoms with Gasteiger partial charge in [-0.3, -0.25) is 9.69 Å². The monoisotopic (exact) mass is 435 g/mol. The van der Waals surface area contributed by atoms with Crippen molar-refractivity contribution in [3.63, 3.8) is 0 Å². The fraction of sp³-hybridized carbons (Fsp3) is 0.444. The van der Waals surface area contributed by atoms with E-state index >= 15 is 0 Å². The smallest absolute Gasteiger partial charge is 0.309 e. The van der Waals surface area contributed by atoms with Crippen LogP contribution in [0.4, 0.5) is 0 Å². The summed E-state index contributed by atoms with van der Waals surface area (Å²) in [5, 5.41) is 9.09. The van der Waals surface area contributed by atoms with E-state index in [0.29, 0.717) is 25.6 Å². The van der Waals surface area contributed by atoms with Gasteiger partial charge in [-0.2, -0.15) is 0 Å². The highest BCUT2D eigenvalue weighted by molar-refractivity contribution is 5.73. The van der Waals surface area contributed by atoms with Gasteiger partial charge in [0, 0.05) is 25.2 Å². The first-order chi connectivity index (χ1) is 15.4. The SMILES string of the molecule is COc1cc(C(C)C)ccc1COc1ccc2c(c1)CCC(CN1CC(C(=O)O)C1)=C2C. The van der Waals surface area contributed by atoms with Crippen LogP contribution in [-0.2, 0) is 17.8 Å². The van der Waals surface area contributed by atoms with Gasteiger partial charge in [-0.05, 0) is 66.1 Å². The van der Waals surface area contributed by atoms with E-state index in [2.05, 4.69) is 56.0 Å². The lowest BCUT2D eigenvalue weighted by Gasteiger charge is -2.38. The zero-order chi connectivity index (χ0) is 22.8. The van der Waals surface area contributed by atoms with Crippen LogP contribution < -0.4 is 9.47 Å². The van der Waals surface area contributed by atoms with E-state index in [-0.39, 0.29) is 5.92 Å². The third-order valence-electron chi connectivity index (χ3n) is 6.80. The summed E-state index contributed by atoms with van der Waals surface area (Å²) in [6.45, 7) is 9.20. The molecule has 0 radical (unpaired) electrons. The van der Waals surface area contributed by atoms with Crippen molar-refractivity contribution in [1.82, 2.24) is 4.90 Å². The molecule has 170 valence electrons. The number of rotatable bonds is 8. The van der Waals surface area contributed by atoms with Crippen molar-refractivity contribution in [1.29, 1.82) is 0 Å². The topological polar surface area (TPSA) is 59.0 Å². The molecular weight excluding hydrogens is 402 g/mol. The maximum atomic E-state index is 11.0. The van der Waals surface area contributed by atoms with E-state index in [4.69, 9.17) is 14.6 Å². The number of fused-ring (bicyclic) bond motifs is 1. The summed E-state index contributed by atoms with van der Waals surface area (Å²) in [7, 11) is 1.70. The molecule has 32 heavy (non-hydrogen) atoms. The van der Waals surface area contributed by atoms with Crippen molar-refractivity contribution in [2.24, 2.45) is 5.92 Å². The molecule has 0 atom stereocenters. The van der Waals surface area contributed by atoms with Gasteiger partial charge in [0.2, 0.25) is 0 Å². The molecule has 5 nitrogen and oxygen atoms in total. The van der Waals surface area contributed by atoms with Gasteiger partial charge in [0.05, 0.1) is 13.0 Å². The quantitative estimate of drug-likeness (QED) is 0.623. The van der Waals surface area contributed by atoms with Gasteiger partial charge < -0.3 is 14.6 Å². The Morgan fingerprint density at radius 1 is 1.16 bits per heavy atom. The molecule has 0 saturated carbocycles. The molecule has 1 heterocycles. The number of benzene rings is 2. The normalized spacial score (nSPS) is 16.7. The lowest BCUT2D eigenvalue weighted by atomic mass is 9.85. The number of hydrogen-bond donors (Lipinski definition) is 1. The number of carbonyl (C=O) groups is 1. The molecule has 1 aliphatic carbocycles. The molecule has 4 rings (SSSR count). The molecule has 1 saturated heterocycles. The highest BCUT2D eigenvalue weighted by Gasteiger charge is 2.33. The number of nitrogens with zero attached hydrogens (tertiary/aromatic N) is 1. The maximum absolute atomic E-state index is 11.0. The fourth-order valence-corrected chi connectivity index (χ4v) is 4.62. The number of allylic oxidation sites excluding steroid dienone is 1. The van der Waals surface area contributed by atoms with Crippen LogP contribution >= 0.6 is 0 Å². The molecule has 5 heteroatoms. The highest BCUT2D eigenvalue weighted by atomic mass is 16.5. The number of likely N-dealkylation sites (tertiary alicyclic amines) is 1. The average molecular weight is 436 g/mol. The van der Waals surface area contributed by atoms with Crippen LogP contribution in [0.15, 0.2) is 42.0 Å². The van der Waals surface area contributed by atoms with Gasteiger partial charge >= 0.3 is 5.97 Å². The number of methoxy groups -OCH3 is 1. The summed E-state index contributed by atoms with van der Waals surface area (Å²) < 4.78 is 11.7. The first kappa shape index (κ1) is 22.4. The van der Waals surface area contributed by atoms with Crippen LogP contribution in [0.1, 0.15) is 55.4 Å². The summed E-state index contributed by atoms with van der Waals surface area (Å²) in [6, 6.07) is 12.7. The number of hydrogen-bond acceptors (Lipinski definition) is 4. The zero-order valence-corrected chi connectivity index (χ0v) is 19.5. The van der Waals surface area contributed by atoms with Crippen molar-refractivity contribution in [2.75, 3.05) is 26.7 Å². The van der Waals surface area contributed by atoms with Crippen LogP contribution in [0.3, 0.4) is 0 Å². The Morgan fingerprint density at radius 2 is 1.94 bits per heavy atom. The van der Waals surface area contributed by atoms with Crippen molar-refractivity contribution in [3.8, 4) is 11.5 Å². The summed E-state index contributed by atoms with van der Waals surface area (Å²) in [5.74, 6) is 1.32. The lowest BCUT2D eigenvalue weighted by molar-refractivity contribution is -0.147. The maximum Gasteiger partial charge on any atom is 0.309 e. The van der Waals surface area contributed by atoms with Crippen LogP contribution in [0, 0.1) is 5.92 Å². The molecule has 1 aliphatic heterocycles. The van der Waals surface area contributed by atoms with E-state index in [0.717, 1.165) is 36.4 Å². The predicted octanol–water partition coefficient (Wildman–Crippen LogP) is 5.13. The van der Waals surface area contributed by atoms with E-state index < -0.39 is 5.97 Å². The number of aliphatic carboxylic acids is 1. The molecular formula is C27H33NO4. The number of carboxylic acid groups (broad SMARTS) is 1. The van der Waals surface area contributed by atoms with Crippen LogP contribution in [0.2, 0.25) is 0 Å². The van der Waals surface area contributed by atoms with E-state index in [1.54, 1.807) is 7.11 Å². The average Bonchev–Trinajstić information content (AvgIpc) is 2.75. The van der Waals surface area contributed by atoms with Crippen molar-refractivity contribution >= 4 is 11.5 Å². The van der Waals surface area contributed by atoms with Crippen LogP contribution in [0.5, 0.6) is 11.5 Å². The van der Waals surface area contributed by atoms with Crippen molar-refractivity contribution in [2.45, 2.75) is 46.1 Å². The largest absolute Gasteiger partial charge is 0.496 e. The van der Waals surface area contributed by atoms with Gasteiger partial charge in [0.25, 0.3) is 0 Å². The summed E-state index contributed by atoms with van der Waals surface area (Å²) in [5.41, 5.74) is 7.65. The molecule has 0 bridgehead atoms. The van der Waals surface area contributed by atoms with Gasteiger partial charge in [-0.1, -0.05) is 37.6 Å². The number of aryl methyl sites for hydroxylation is 1. The highest BCUT2D eigenvalue weighted by Crippen LogP contribution is 2.35. The Kier molecular flexibility index (Phi) is 6.56. The number of carboxylic acids is 1. The third kappa shape index (κ3) is 4.68. The van der Waals surface area contributed by atoms with E-state index in [9.17, 15) is 4.79 Å². The Bertz CT molecular complexity index is 1030. The fourth-order valence-electron chi connectivity index (χ4n) is 4.62. The molecule has 2 aliphatic rings. The number of ether oxygens (including phenoxy) is 2. The molecule has 0 spiro atoms. The predicted molar refractivity (Wildman–Crippen MR) is 126 cm³/mol. The zero-order valence-electron chi connectivity index (χ0n) is 19.5. The minimum atomic E-state index is -0.679. The van der Waals surface area contributed by atoms with Gasteiger partial charge in [-0.15, -0.1) is 0 Å². The lowest BCUT2D eigenvalue weighted by Crippen LogP contribution is -2.50. The van der Waals surface area contributed by atoms with Crippen LogP contribution in [0.25, 0.3) is 5.57 Å². The molecule has 1 N–H and O–H groups in total. The molecule has 1 fully saturated rings. The summed E-state index contributed by atoms with van der Waals surface area (Å²) in [4.78, 5) is 13.3. The molecule has 2 aromatic rings. The first-order valence-corrected chi connectivity index (χ1v) is 11.4. The van der Waals surface area contributed by atoms with Gasteiger partial charge in [0.15, 0.2) is 0 Å². The minimum absolute atomic E-state index is 0.202. The van der Waals surface area contributed by atoms with E-state index in [1.165, 1.54) is 27.8 Å². The third-order valence-corrected chi connectivity index (χ3v) is 6.80. The molecule has 0 unspecified atom stereocenters. The van der Waals surface area contributed by atoms with Crippen LogP contribution in [-0.4, -0.2) is 42.7 Å². The second-order valence-corrected chi connectivity index (χ2v) is 9.29. The minimum Gasteiger partial charge on any atom is -0.496 e. The Balaban J connectivity index is 1.42. The standard InChI is InChI=1S/C27H33NO4/c1-17(2)19-5-8-22(26(12-19)31-4)16-32-24-9-10-25-18(3)21(7-6-20(25)11-24)13-28-14-23(15-28)27(29)30/h5,8-12,17,23H,6-7,13-16H2,1-4H3,(H,29,30). The van der Waals surface area contributed by atoms with Gasteiger partial charge in [0.1, 0.15) is 18.1 Å². The summed E-state index contributed by atoms with van der Waals surface area (Å²) >= 11 is 0. The van der Waals surface area contributed by atoms with Crippen molar-refractivity contribution < 1.29 is 19.4 Å². The Labute approximate surface area is 190 Å².